The zero-order valence-electron chi connectivity index (χ0n) is 17.9. The maximum atomic E-state index is 12.6. The SMILES string of the molecule is Cn1c(=O)[nH]c(=O)c2c1nc(N/N=C\c1ccc(Br)cc1)n2C[C@H](O)COc1ccc(Cl)cc1. The number of rotatable bonds is 8. The number of fused-ring (bicyclic) bond motifs is 1. The maximum absolute atomic E-state index is 12.6. The summed E-state index contributed by atoms with van der Waals surface area (Å²) in [6.07, 6.45) is 0.583. The van der Waals surface area contributed by atoms with E-state index in [4.69, 9.17) is 16.3 Å². The molecule has 0 aliphatic rings. The second-order valence-electron chi connectivity index (χ2n) is 7.38. The molecule has 12 heteroatoms. The molecule has 34 heavy (non-hydrogen) atoms. The minimum Gasteiger partial charge on any atom is -0.491 e. The molecule has 0 saturated carbocycles. The lowest BCUT2D eigenvalue weighted by molar-refractivity contribution is 0.0938. The maximum Gasteiger partial charge on any atom is 0.329 e. The minimum absolute atomic E-state index is 0.0402. The summed E-state index contributed by atoms with van der Waals surface area (Å²) in [7, 11) is 1.49. The van der Waals surface area contributed by atoms with Crippen molar-refractivity contribution in [2.45, 2.75) is 12.6 Å². The molecule has 4 aromatic rings. The van der Waals surface area contributed by atoms with Crippen molar-refractivity contribution in [1.82, 2.24) is 19.1 Å². The molecular formula is C22H20BrClN6O4. The van der Waals surface area contributed by atoms with Crippen molar-refractivity contribution >= 4 is 50.9 Å². The van der Waals surface area contributed by atoms with Crippen LogP contribution in [0.2, 0.25) is 5.02 Å². The van der Waals surface area contributed by atoms with Gasteiger partial charge in [0.2, 0.25) is 5.95 Å². The predicted molar refractivity (Wildman–Crippen MR) is 134 cm³/mol. The number of aliphatic hydroxyl groups excluding tert-OH is 1. The number of aromatic nitrogens is 4. The molecule has 0 saturated heterocycles. The fourth-order valence-electron chi connectivity index (χ4n) is 3.20. The van der Waals surface area contributed by atoms with Gasteiger partial charge in [0, 0.05) is 16.5 Å². The Balaban J connectivity index is 1.60. The normalized spacial score (nSPS) is 12.4. The third-order valence-corrected chi connectivity index (χ3v) is 5.69. The Bertz CT molecular complexity index is 1440. The van der Waals surface area contributed by atoms with Gasteiger partial charge in [0.1, 0.15) is 18.5 Å². The Morgan fingerprint density at radius 2 is 1.94 bits per heavy atom. The molecule has 176 valence electrons. The fraction of sp³-hybridized carbons (Fsp3) is 0.182. The van der Waals surface area contributed by atoms with Crippen LogP contribution in [0.3, 0.4) is 0 Å². The van der Waals surface area contributed by atoms with Crippen molar-refractivity contribution in [3.63, 3.8) is 0 Å². The van der Waals surface area contributed by atoms with Crippen molar-refractivity contribution in [1.29, 1.82) is 0 Å². The number of H-pyrrole nitrogens is 1. The van der Waals surface area contributed by atoms with Gasteiger partial charge in [0.15, 0.2) is 11.2 Å². The Labute approximate surface area is 206 Å². The number of nitrogens with one attached hydrogen (secondary N) is 2. The summed E-state index contributed by atoms with van der Waals surface area (Å²) in [5.41, 5.74) is 2.68. The number of halogens is 2. The second kappa shape index (κ2) is 10.2. The van der Waals surface area contributed by atoms with Crippen molar-refractivity contribution in [2.75, 3.05) is 12.0 Å². The number of aliphatic hydroxyl groups is 1. The van der Waals surface area contributed by atoms with Gasteiger partial charge in [-0.05, 0) is 42.0 Å². The Morgan fingerprint density at radius 1 is 1.24 bits per heavy atom. The zero-order chi connectivity index (χ0) is 24.2. The van der Waals surface area contributed by atoms with Crippen LogP contribution in [0.1, 0.15) is 5.56 Å². The molecule has 0 aliphatic carbocycles. The van der Waals surface area contributed by atoms with Crippen LogP contribution in [0.25, 0.3) is 11.2 Å². The topological polar surface area (TPSA) is 127 Å². The lowest BCUT2D eigenvalue weighted by atomic mass is 10.2. The van der Waals surface area contributed by atoms with Gasteiger partial charge in [0.25, 0.3) is 5.56 Å². The third kappa shape index (κ3) is 5.38. The molecule has 0 amide bonds. The molecule has 0 fully saturated rings. The highest BCUT2D eigenvalue weighted by molar-refractivity contribution is 9.10. The van der Waals surface area contributed by atoms with E-state index in [1.54, 1.807) is 30.5 Å². The first kappa shape index (κ1) is 23.7. The quantitative estimate of drug-likeness (QED) is 0.230. The molecule has 1 atom stereocenters. The predicted octanol–water partition coefficient (Wildman–Crippen LogP) is 2.73. The number of anilines is 1. The monoisotopic (exact) mass is 546 g/mol. The molecule has 10 nitrogen and oxygen atoms in total. The molecule has 2 aromatic carbocycles. The molecule has 0 radical (unpaired) electrons. The smallest absolute Gasteiger partial charge is 0.329 e. The average molecular weight is 548 g/mol. The molecular weight excluding hydrogens is 528 g/mol. The van der Waals surface area contributed by atoms with Crippen molar-refractivity contribution in [3.05, 3.63) is 84.4 Å². The first-order valence-corrected chi connectivity index (χ1v) is 11.3. The molecule has 3 N–H and O–H groups in total. The standard InChI is InChI=1S/C22H20BrClN6O4/c1-29-19-18(20(32)27-22(29)33)30(11-16(31)12-34-17-8-6-15(24)7-9-17)21(26-19)28-25-10-13-2-4-14(23)5-3-13/h2-10,16,31H,11-12H2,1H3,(H,26,28)(H,27,32,33)/b25-10-/t16-/m0/s1. The lowest BCUT2D eigenvalue weighted by Crippen LogP contribution is -2.30. The van der Waals surface area contributed by atoms with Crippen LogP contribution in [0.5, 0.6) is 5.75 Å². The highest BCUT2D eigenvalue weighted by Gasteiger charge is 2.20. The van der Waals surface area contributed by atoms with Crippen molar-refractivity contribution < 1.29 is 9.84 Å². The summed E-state index contributed by atoms with van der Waals surface area (Å²) in [6, 6.07) is 14.2. The zero-order valence-corrected chi connectivity index (χ0v) is 20.2. The van der Waals surface area contributed by atoms with Crippen molar-refractivity contribution in [3.8, 4) is 5.75 Å². The summed E-state index contributed by atoms with van der Waals surface area (Å²) in [5.74, 6) is 0.720. The van der Waals surface area contributed by atoms with Gasteiger partial charge in [-0.3, -0.25) is 14.3 Å². The molecule has 0 bridgehead atoms. The highest BCUT2D eigenvalue weighted by Crippen LogP contribution is 2.18. The van der Waals surface area contributed by atoms with Crippen molar-refractivity contribution in [2.24, 2.45) is 12.1 Å². The molecule has 2 aromatic heterocycles. The van der Waals surface area contributed by atoms with Crippen LogP contribution in [-0.4, -0.2) is 43.1 Å². The van der Waals surface area contributed by atoms with Gasteiger partial charge in [-0.15, -0.1) is 0 Å². The van der Waals surface area contributed by atoms with E-state index in [1.165, 1.54) is 16.2 Å². The summed E-state index contributed by atoms with van der Waals surface area (Å²) in [5, 5.41) is 15.4. The lowest BCUT2D eigenvalue weighted by Gasteiger charge is -2.15. The number of hydrazone groups is 1. The van der Waals surface area contributed by atoms with Gasteiger partial charge in [-0.25, -0.2) is 10.2 Å². The molecule has 0 aliphatic heterocycles. The minimum atomic E-state index is -0.999. The summed E-state index contributed by atoms with van der Waals surface area (Å²) in [6.45, 7) is -0.0892. The number of imidazole rings is 1. The molecule has 0 spiro atoms. The van der Waals surface area contributed by atoms with Crippen LogP contribution in [-0.2, 0) is 13.6 Å². The number of hydrogen-bond donors (Lipinski definition) is 3. The van der Waals surface area contributed by atoms with E-state index in [0.29, 0.717) is 10.8 Å². The first-order chi connectivity index (χ1) is 16.3. The number of hydrogen-bond acceptors (Lipinski definition) is 7. The van der Waals surface area contributed by atoms with Crippen LogP contribution < -0.4 is 21.4 Å². The molecule has 0 unspecified atom stereocenters. The van der Waals surface area contributed by atoms with Crippen LogP contribution in [0.4, 0.5) is 5.95 Å². The van der Waals surface area contributed by atoms with E-state index in [0.717, 1.165) is 10.0 Å². The fourth-order valence-corrected chi connectivity index (χ4v) is 3.59. The first-order valence-electron chi connectivity index (χ1n) is 10.1. The van der Waals surface area contributed by atoms with E-state index in [-0.39, 0.29) is 30.3 Å². The Kier molecular flexibility index (Phi) is 7.15. The van der Waals surface area contributed by atoms with E-state index in [1.807, 2.05) is 24.3 Å². The second-order valence-corrected chi connectivity index (χ2v) is 8.73. The van der Waals surface area contributed by atoms with Crippen LogP contribution in [0, 0.1) is 0 Å². The summed E-state index contributed by atoms with van der Waals surface area (Å²) in [4.78, 5) is 31.2. The number of ether oxygens (including phenoxy) is 1. The van der Waals surface area contributed by atoms with E-state index in [2.05, 4.69) is 36.4 Å². The van der Waals surface area contributed by atoms with Crippen LogP contribution >= 0.6 is 27.5 Å². The number of aryl methyl sites for hydroxylation is 1. The molecule has 2 heterocycles. The highest BCUT2D eigenvalue weighted by atomic mass is 79.9. The average Bonchev–Trinajstić information content (AvgIpc) is 3.17. The summed E-state index contributed by atoms with van der Waals surface area (Å²) >= 11 is 9.25. The van der Waals surface area contributed by atoms with E-state index in [9.17, 15) is 14.7 Å². The summed E-state index contributed by atoms with van der Waals surface area (Å²) < 4.78 is 9.22. The van der Waals surface area contributed by atoms with Gasteiger partial charge in [-0.1, -0.05) is 39.7 Å². The largest absolute Gasteiger partial charge is 0.491 e. The van der Waals surface area contributed by atoms with Gasteiger partial charge in [0.05, 0.1) is 12.8 Å². The van der Waals surface area contributed by atoms with Gasteiger partial charge in [-0.2, -0.15) is 10.1 Å². The van der Waals surface area contributed by atoms with E-state index < -0.39 is 17.4 Å². The Hall–Kier alpha value is -3.41. The van der Waals surface area contributed by atoms with Gasteiger partial charge >= 0.3 is 5.69 Å². The van der Waals surface area contributed by atoms with E-state index >= 15 is 0 Å². The molecule has 4 rings (SSSR count). The third-order valence-electron chi connectivity index (χ3n) is 4.90. The Morgan fingerprint density at radius 3 is 2.65 bits per heavy atom. The number of nitrogens with zero attached hydrogens (tertiary/aromatic N) is 4. The van der Waals surface area contributed by atoms with Crippen LogP contribution in [0.15, 0.2) is 67.7 Å². The number of benzene rings is 2. The number of aromatic amines is 1. The van der Waals surface area contributed by atoms with Gasteiger partial charge < -0.3 is 14.4 Å².